The van der Waals surface area contributed by atoms with Crippen LogP contribution >= 0.6 is 0 Å². The second-order valence-corrected chi connectivity index (χ2v) is 10.5. The highest BCUT2D eigenvalue weighted by molar-refractivity contribution is 5.80. The van der Waals surface area contributed by atoms with Crippen molar-refractivity contribution >= 4 is 23.2 Å². The van der Waals surface area contributed by atoms with Gasteiger partial charge in [0, 0.05) is 29.9 Å². The van der Waals surface area contributed by atoms with E-state index in [0.717, 1.165) is 18.9 Å². The normalized spacial score (nSPS) is 24.1. The Morgan fingerprint density at radius 3 is 2.68 bits per heavy atom. The fourth-order valence-electron chi connectivity index (χ4n) is 5.60. The standard InChI is InChI=1S/C29H30FN7O4/c1-17(38)28(39)36-9-8-26(24(30)13-36)41-25-7-2-18(10-19(25)12-31)27-32-16-33-29(35-27)34-20-3-5-21(6-4-20)37-22-11-23(37)15-40-14-22/h2-7,10,16-17,22-24,26,38H,8-9,11,13-15H2,1H3,(H,32,33,34,35)/t17?,22?,23?,24-,26+/m1/s1. The summed E-state index contributed by atoms with van der Waals surface area (Å²) in [6.45, 7) is 2.98. The number of nitriles is 1. The molecule has 3 saturated heterocycles. The van der Waals surface area contributed by atoms with Crippen molar-refractivity contribution in [2.24, 2.45) is 0 Å². The summed E-state index contributed by atoms with van der Waals surface area (Å²) in [7, 11) is 0. The number of likely N-dealkylation sites (tertiary alicyclic amines) is 1. The van der Waals surface area contributed by atoms with Crippen molar-refractivity contribution in [2.75, 3.05) is 36.5 Å². The maximum atomic E-state index is 14.8. The molecule has 5 atom stereocenters. The van der Waals surface area contributed by atoms with Crippen molar-refractivity contribution in [2.45, 2.75) is 50.2 Å². The number of nitrogens with zero attached hydrogens (tertiary/aromatic N) is 6. The number of hydrogen-bond donors (Lipinski definition) is 2. The Bertz CT molecular complexity index is 1450. The van der Waals surface area contributed by atoms with Crippen molar-refractivity contribution in [1.82, 2.24) is 19.9 Å². The monoisotopic (exact) mass is 559 g/mol. The number of aliphatic hydroxyl groups excluding tert-OH is 1. The number of rotatable bonds is 7. The average Bonchev–Trinajstić information content (AvgIpc) is 2.99. The van der Waals surface area contributed by atoms with Crippen LogP contribution in [0.15, 0.2) is 48.8 Å². The molecule has 0 radical (unpaired) electrons. The third kappa shape index (κ3) is 5.51. The van der Waals surface area contributed by atoms with Gasteiger partial charge in [0.25, 0.3) is 5.91 Å². The summed E-state index contributed by atoms with van der Waals surface area (Å²) in [6.07, 6.45) is -0.648. The average molecular weight is 560 g/mol. The van der Waals surface area contributed by atoms with Crippen LogP contribution in [0.2, 0.25) is 0 Å². The third-order valence-electron chi connectivity index (χ3n) is 7.73. The van der Waals surface area contributed by atoms with Gasteiger partial charge in [-0.25, -0.2) is 14.4 Å². The Kier molecular flexibility index (Phi) is 7.38. The van der Waals surface area contributed by atoms with Crippen LogP contribution in [0.25, 0.3) is 11.4 Å². The Morgan fingerprint density at radius 1 is 1.22 bits per heavy atom. The second kappa shape index (κ2) is 11.3. The molecular formula is C29H30FN7O4. The fourth-order valence-corrected chi connectivity index (χ4v) is 5.60. The van der Waals surface area contributed by atoms with Crippen LogP contribution in [0.5, 0.6) is 5.75 Å². The topological polar surface area (TPSA) is 137 Å². The molecule has 2 aromatic carbocycles. The first-order valence-corrected chi connectivity index (χ1v) is 13.6. The number of aromatic nitrogens is 3. The molecule has 3 aliphatic heterocycles. The van der Waals surface area contributed by atoms with Crippen molar-refractivity contribution in [3.8, 4) is 23.2 Å². The molecule has 11 nitrogen and oxygen atoms in total. The van der Waals surface area contributed by atoms with Gasteiger partial charge in [0.1, 0.15) is 30.4 Å². The molecular weight excluding hydrogens is 529 g/mol. The molecule has 0 spiro atoms. The minimum atomic E-state index is -1.46. The number of carbonyl (C=O) groups excluding carboxylic acids is 1. The molecule has 3 fully saturated rings. The van der Waals surface area contributed by atoms with Gasteiger partial charge in [0.2, 0.25) is 5.95 Å². The largest absolute Gasteiger partial charge is 0.486 e. The van der Waals surface area contributed by atoms with Crippen LogP contribution in [0, 0.1) is 11.3 Å². The van der Waals surface area contributed by atoms with Crippen molar-refractivity contribution in [1.29, 1.82) is 5.26 Å². The second-order valence-electron chi connectivity index (χ2n) is 10.5. The molecule has 3 aromatic rings. The Labute approximate surface area is 236 Å². The number of morpholine rings is 1. The van der Waals surface area contributed by atoms with E-state index in [1.807, 2.05) is 12.1 Å². The molecule has 2 N–H and O–H groups in total. The summed E-state index contributed by atoms with van der Waals surface area (Å²) in [6, 6.07) is 16.0. The van der Waals surface area contributed by atoms with E-state index < -0.39 is 24.3 Å². The van der Waals surface area contributed by atoms with Crippen LogP contribution in [-0.2, 0) is 9.53 Å². The predicted octanol–water partition coefficient (Wildman–Crippen LogP) is 2.83. The smallest absolute Gasteiger partial charge is 0.251 e. The number of ether oxygens (including phenoxy) is 2. The van der Waals surface area contributed by atoms with Crippen LogP contribution in [0.3, 0.4) is 0 Å². The van der Waals surface area contributed by atoms with Gasteiger partial charge >= 0.3 is 0 Å². The SMILES string of the molecule is CC(O)C(=O)N1CC[C@H](Oc2ccc(-c3ncnc(Nc4ccc(N5C6COCC5C6)cc4)n3)cc2C#N)[C@H](F)C1. The zero-order valence-electron chi connectivity index (χ0n) is 22.5. The Morgan fingerprint density at radius 2 is 2.00 bits per heavy atom. The van der Waals surface area contributed by atoms with Gasteiger partial charge in [-0.15, -0.1) is 0 Å². The number of amides is 1. The lowest BCUT2D eigenvalue weighted by Gasteiger charge is -2.53. The van der Waals surface area contributed by atoms with Gasteiger partial charge in [-0.2, -0.15) is 10.2 Å². The lowest BCUT2D eigenvalue weighted by Crippen LogP contribution is -2.64. The quantitative estimate of drug-likeness (QED) is 0.445. The number of nitrogens with one attached hydrogen (secondary N) is 1. The van der Waals surface area contributed by atoms with Gasteiger partial charge in [0.05, 0.1) is 37.4 Å². The van der Waals surface area contributed by atoms with E-state index in [4.69, 9.17) is 9.47 Å². The first-order valence-electron chi connectivity index (χ1n) is 13.6. The number of hydrogen-bond acceptors (Lipinski definition) is 10. The molecule has 0 aliphatic carbocycles. The Hall–Kier alpha value is -4.34. The number of alkyl halides is 1. The zero-order valence-corrected chi connectivity index (χ0v) is 22.5. The molecule has 212 valence electrons. The molecule has 3 aliphatic rings. The number of aliphatic hydroxyl groups is 1. The molecule has 1 amide bonds. The molecule has 1 aromatic heterocycles. The summed E-state index contributed by atoms with van der Waals surface area (Å²) >= 11 is 0. The first-order chi connectivity index (χ1) is 19.9. The van der Waals surface area contributed by atoms with Crippen LogP contribution in [0.1, 0.15) is 25.3 Å². The third-order valence-corrected chi connectivity index (χ3v) is 7.73. The summed E-state index contributed by atoms with van der Waals surface area (Å²) in [5.74, 6) is 0.448. The number of anilines is 3. The Balaban J connectivity index is 1.12. The van der Waals surface area contributed by atoms with Gasteiger partial charge in [-0.05, 0) is 55.8 Å². The lowest BCUT2D eigenvalue weighted by molar-refractivity contribution is -0.143. The van der Waals surface area contributed by atoms with E-state index in [1.54, 1.807) is 18.2 Å². The van der Waals surface area contributed by atoms with Crippen LogP contribution in [0.4, 0.5) is 21.7 Å². The van der Waals surface area contributed by atoms with E-state index in [1.165, 1.54) is 30.3 Å². The van der Waals surface area contributed by atoms with E-state index in [2.05, 4.69) is 43.4 Å². The minimum Gasteiger partial charge on any atom is -0.486 e. The predicted molar refractivity (Wildman–Crippen MR) is 147 cm³/mol. The van der Waals surface area contributed by atoms with Crippen molar-refractivity contribution in [3.05, 3.63) is 54.4 Å². The summed E-state index contributed by atoms with van der Waals surface area (Å²) in [4.78, 5) is 28.7. The van der Waals surface area contributed by atoms with Gasteiger partial charge in [0.15, 0.2) is 12.0 Å². The molecule has 12 heteroatoms. The molecule has 3 unspecified atom stereocenters. The van der Waals surface area contributed by atoms with E-state index in [0.29, 0.717) is 29.4 Å². The number of halogens is 1. The lowest BCUT2D eigenvalue weighted by atomic mass is 9.90. The molecule has 4 heterocycles. The van der Waals surface area contributed by atoms with E-state index in [-0.39, 0.29) is 30.8 Å². The zero-order chi connectivity index (χ0) is 28.5. The summed E-state index contributed by atoms with van der Waals surface area (Å²) in [5, 5.41) is 22.5. The highest BCUT2D eigenvalue weighted by Crippen LogP contribution is 2.36. The van der Waals surface area contributed by atoms with Crippen molar-refractivity contribution < 1.29 is 23.8 Å². The highest BCUT2D eigenvalue weighted by Gasteiger charge is 2.42. The van der Waals surface area contributed by atoms with Crippen LogP contribution < -0.4 is 15.0 Å². The number of piperidine rings is 1. The maximum Gasteiger partial charge on any atom is 0.251 e. The summed E-state index contributed by atoms with van der Waals surface area (Å²) < 4.78 is 26.3. The van der Waals surface area contributed by atoms with Gasteiger partial charge < -0.3 is 29.7 Å². The number of fused-ring (bicyclic) bond motifs is 2. The fraction of sp³-hybridized carbons (Fsp3) is 0.414. The molecule has 41 heavy (non-hydrogen) atoms. The minimum absolute atomic E-state index is 0.175. The van der Waals surface area contributed by atoms with E-state index >= 15 is 0 Å². The summed E-state index contributed by atoms with van der Waals surface area (Å²) in [5.41, 5.74) is 2.79. The molecule has 2 bridgehead atoms. The van der Waals surface area contributed by atoms with Crippen LogP contribution in [-0.4, -0.2) is 87.6 Å². The van der Waals surface area contributed by atoms with Gasteiger partial charge in [-0.3, -0.25) is 4.79 Å². The number of carbonyl (C=O) groups is 1. The van der Waals surface area contributed by atoms with Gasteiger partial charge in [-0.1, -0.05) is 0 Å². The van der Waals surface area contributed by atoms with Crippen molar-refractivity contribution in [3.63, 3.8) is 0 Å². The first kappa shape index (κ1) is 26.9. The maximum absolute atomic E-state index is 14.8. The van der Waals surface area contributed by atoms with E-state index in [9.17, 15) is 19.6 Å². The highest BCUT2D eigenvalue weighted by atomic mass is 19.1. The number of benzene rings is 2. The molecule has 0 saturated carbocycles. The molecule has 6 rings (SSSR count).